The van der Waals surface area contributed by atoms with Crippen molar-refractivity contribution in [1.82, 2.24) is 0 Å². The van der Waals surface area contributed by atoms with Crippen LogP contribution in [0.25, 0.3) is 0 Å². The molecule has 1 aliphatic rings. The van der Waals surface area contributed by atoms with Gasteiger partial charge >= 0.3 is 0 Å². The van der Waals surface area contributed by atoms with Crippen LogP contribution in [0, 0.1) is 0 Å². The van der Waals surface area contributed by atoms with Gasteiger partial charge in [0.15, 0.2) is 0 Å². The molecule has 58 valence electrons. The normalized spacial score (nSPS) is 34.4. The molecule has 0 aromatic heterocycles. The Labute approximate surface area is 72.0 Å². The molecule has 0 aliphatic heterocycles. The van der Waals surface area contributed by atoms with Crippen molar-refractivity contribution >= 4 is 23.4 Å². The highest BCUT2D eigenvalue weighted by Crippen LogP contribution is 2.32. The van der Waals surface area contributed by atoms with Gasteiger partial charge in [0.05, 0.1) is 5.38 Å². The Kier molecular flexibility index (Phi) is 3.12. The molecule has 1 fully saturated rings. The van der Waals surface area contributed by atoms with Crippen LogP contribution in [0.4, 0.5) is 0 Å². The predicted molar refractivity (Wildman–Crippen MR) is 49.9 cm³/mol. The maximum Gasteiger partial charge on any atom is 0.0553 e. The monoisotopic (exact) mass is 176 g/mol. The molecule has 2 heteroatoms. The molecule has 0 aromatic rings. The third kappa shape index (κ3) is 1.93. The highest BCUT2D eigenvalue weighted by Gasteiger charge is 2.21. The van der Waals surface area contributed by atoms with Crippen molar-refractivity contribution in [2.45, 2.75) is 29.9 Å². The average Bonchev–Trinajstić information content (AvgIpc) is 1.95. The summed E-state index contributed by atoms with van der Waals surface area (Å²) in [4.78, 5) is 0. The molecule has 1 rings (SSSR count). The van der Waals surface area contributed by atoms with Crippen LogP contribution in [-0.2, 0) is 0 Å². The van der Waals surface area contributed by atoms with Crippen molar-refractivity contribution in [2.75, 3.05) is 6.26 Å². The van der Waals surface area contributed by atoms with E-state index >= 15 is 0 Å². The maximum absolute atomic E-state index is 6.03. The molecule has 0 spiro atoms. The van der Waals surface area contributed by atoms with E-state index in [9.17, 15) is 0 Å². The Morgan fingerprint density at radius 3 is 2.90 bits per heavy atom. The molecule has 1 aliphatic carbocycles. The van der Waals surface area contributed by atoms with Gasteiger partial charge in [-0.3, -0.25) is 0 Å². The molecule has 0 radical (unpaired) electrons. The van der Waals surface area contributed by atoms with E-state index in [1.807, 2.05) is 11.8 Å². The first-order valence-corrected chi connectivity index (χ1v) is 5.31. The third-order valence-electron chi connectivity index (χ3n) is 2.03. The lowest BCUT2D eigenvalue weighted by Gasteiger charge is -2.25. The topological polar surface area (TPSA) is 0 Å². The fraction of sp³-hybridized carbons (Fsp3) is 0.750. The summed E-state index contributed by atoms with van der Waals surface area (Å²) < 4.78 is 0. The summed E-state index contributed by atoms with van der Waals surface area (Å²) >= 11 is 7.95. The van der Waals surface area contributed by atoms with Crippen LogP contribution >= 0.6 is 23.4 Å². The zero-order valence-corrected chi connectivity index (χ0v) is 7.84. The van der Waals surface area contributed by atoms with Crippen LogP contribution in [0.2, 0.25) is 0 Å². The lowest BCUT2D eigenvalue weighted by atomic mass is 9.95. The Morgan fingerprint density at radius 2 is 2.40 bits per heavy atom. The Morgan fingerprint density at radius 1 is 1.70 bits per heavy atom. The summed E-state index contributed by atoms with van der Waals surface area (Å²) in [5, 5.41) is 1.01. The van der Waals surface area contributed by atoms with E-state index < -0.39 is 0 Å². The molecule has 0 bridgehead atoms. The van der Waals surface area contributed by atoms with Gasteiger partial charge < -0.3 is 0 Å². The number of hydrogen-bond acceptors (Lipinski definition) is 1. The Bertz CT molecular complexity index is 133. The highest BCUT2D eigenvalue weighted by molar-refractivity contribution is 7.99. The zero-order valence-electron chi connectivity index (χ0n) is 6.27. The Hall–Kier alpha value is 0.380. The van der Waals surface area contributed by atoms with Crippen LogP contribution in [0.3, 0.4) is 0 Å². The highest BCUT2D eigenvalue weighted by atomic mass is 35.5. The third-order valence-corrected chi connectivity index (χ3v) is 3.62. The first-order chi connectivity index (χ1) is 4.74. The fourth-order valence-electron chi connectivity index (χ4n) is 1.23. The number of thioether (sulfide) groups is 1. The van der Waals surface area contributed by atoms with Crippen molar-refractivity contribution in [3.63, 3.8) is 0 Å². The molecule has 10 heavy (non-hydrogen) atoms. The summed E-state index contributed by atoms with van der Waals surface area (Å²) in [5.41, 5.74) is 1.23. The minimum Gasteiger partial charge on any atom is -0.162 e. The van der Waals surface area contributed by atoms with E-state index in [2.05, 4.69) is 12.8 Å². The predicted octanol–water partition coefficient (Wildman–Crippen LogP) is 3.07. The summed E-state index contributed by atoms with van der Waals surface area (Å²) in [7, 11) is 0. The Balaban J connectivity index is 2.40. The minimum absolute atomic E-state index is 0.242. The van der Waals surface area contributed by atoms with E-state index in [1.165, 1.54) is 12.0 Å². The van der Waals surface area contributed by atoms with Crippen LogP contribution in [-0.4, -0.2) is 16.9 Å². The molecule has 0 amide bonds. The second-order valence-corrected chi connectivity index (χ2v) is 4.42. The minimum atomic E-state index is 0.242. The average molecular weight is 177 g/mol. The van der Waals surface area contributed by atoms with Gasteiger partial charge in [-0.15, -0.1) is 11.6 Å². The van der Waals surface area contributed by atoms with E-state index in [0.29, 0.717) is 0 Å². The molecule has 0 heterocycles. The smallest absolute Gasteiger partial charge is 0.0553 e. The van der Waals surface area contributed by atoms with Crippen LogP contribution in [0.5, 0.6) is 0 Å². The molecular formula is C8H13ClS. The van der Waals surface area contributed by atoms with Gasteiger partial charge in [0.25, 0.3) is 0 Å². The maximum atomic E-state index is 6.03. The summed E-state index contributed by atoms with van der Waals surface area (Å²) in [6.45, 7) is 3.92. The van der Waals surface area contributed by atoms with Crippen molar-refractivity contribution in [2.24, 2.45) is 0 Å². The number of alkyl halides is 1. The largest absolute Gasteiger partial charge is 0.162 e. The van der Waals surface area contributed by atoms with Crippen molar-refractivity contribution in [1.29, 1.82) is 0 Å². The van der Waals surface area contributed by atoms with Gasteiger partial charge in [0.1, 0.15) is 0 Å². The lowest BCUT2D eigenvalue weighted by Crippen LogP contribution is -2.18. The van der Waals surface area contributed by atoms with Crippen molar-refractivity contribution in [3.8, 4) is 0 Å². The van der Waals surface area contributed by atoms with E-state index in [4.69, 9.17) is 11.6 Å². The molecule has 1 saturated carbocycles. The fourth-order valence-corrected chi connectivity index (χ4v) is 2.40. The molecule has 0 nitrogen and oxygen atoms in total. The molecule has 2 atom stereocenters. The standard InChI is InChI=1S/C8H13ClS/c1-6-3-4-7(10-2)5-8(6)9/h7-8H,1,3-5H2,2H3. The molecular weight excluding hydrogens is 164 g/mol. The van der Waals surface area contributed by atoms with Gasteiger partial charge in [-0.1, -0.05) is 12.2 Å². The second-order valence-electron chi connectivity index (χ2n) is 2.76. The molecule has 2 unspecified atom stereocenters. The second kappa shape index (κ2) is 3.68. The quantitative estimate of drug-likeness (QED) is 0.437. The van der Waals surface area contributed by atoms with Crippen molar-refractivity contribution in [3.05, 3.63) is 12.2 Å². The zero-order chi connectivity index (χ0) is 7.56. The summed E-state index contributed by atoms with van der Waals surface area (Å²) in [6, 6.07) is 0. The van der Waals surface area contributed by atoms with E-state index in [0.717, 1.165) is 18.1 Å². The van der Waals surface area contributed by atoms with Gasteiger partial charge in [-0.05, 0) is 25.5 Å². The number of halogens is 1. The van der Waals surface area contributed by atoms with Gasteiger partial charge in [-0.2, -0.15) is 11.8 Å². The first-order valence-electron chi connectivity index (χ1n) is 3.58. The lowest BCUT2D eigenvalue weighted by molar-refractivity contribution is 0.622. The molecule has 0 saturated heterocycles. The SMILES string of the molecule is C=C1CCC(SC)CC1Cl. The van der Waals surface area contributed by atoms with Crippen LogP contribution in [0.15, 0.2) is 12.2 Å². The van der Waals surface area contributed by atoms with Gasteiger partial charge in [0.2, 0.25) is 0 Å². The van der Waals surface area contributed by atoms with E-state index in [1.54, 1.807) is 0 Å². The number of allylic oxidation sites excluding steroid dienone is 1. The number of hydrogen-bond donors (Lipinski definition) is 0. The van der Waals surface area contributed by atoms with Crippen LogP contribution < -0.4 is 0 Å². The van der Waals surface area contributed by atoms with Gasteiger partial charge in [0, 0.05) is 5.25 Å². The molecule has 0 N–H and O–H groups in total. The first kappa shape index (κ1) is 8.48. The summed E-state index contributed by atoms with van der Waals surface area (Å²) in [5.74, 6) is 0. The van der Waals surface area contributed by atoms with Gasteiger partial charge in [-0.25, -0.2) is 0 Å². The van der Waals surface area contributed by atoms with Crippen LogP contribution in [0.1, 0.15) is 19.3 Å². The number of rotatable bonds is 1. The van der Waals surface area contributed by atoms with E-state index in [-0.39, 0.29) is 5.38 Å². The van der Waals surface area contributed by atoms with Crippen molar-refractivity contribution < 1.29 is 0 Å². The molecule has 0 aromatic carbocycles. The summed E-state index contributed by atoms with van der Waals surface area (Å²) in [6.07, 6.45) is 5.66.